The van der Waals surface area contributed by atoms with E-state index in [9.17, 15) is 4.79 Å². The molecule has 6 rings (SSSR count). The van der Waals surface area contributed by atoms with Gasteiger partial charge < -0.3 is 4.57 Å². The molecule has 0 unspecified atom stereocenters. The number of fused-ring (bicyclic) bond motifs is 1. The molecule has 1 aromatic carbocycles. The maximum Gasteiger partial charge on any atom is 0.439 e. The summed E-state index contributed by atoms with van der Waals surface area (Å²) in [6.07, 6.45) is 6.68. The molecule has 1 fully saturated rings. The van der Waals surface area contributed by atoms with E-state index in [1.165, 1.54) is 31.2 Å². The van der Waals surface area contributed by atoms with Crippen LogP contribution in [0.2, 0.25) is 0 Å². The van der Waals surface area contributed by atoms with E-state index in [-0.39, 0.29) is 11.6 Å². The van der Waals surface area contributed by atoms with Crippen molar-refractivity contribution in [2.24, 2.45) is 11.8 Å². The third-order valence-corrected chi connectivity index (χ3v) is 7.80. The van der Waals surface area contributed by atoms with E-state index < -0.39 is 5.76 Å². The molecule has 9 nitrogen and oxygen atoms in total. The minimum atomic E-state index is -0.654. The quantitative estimate of drug-likeness (QED) is 0.283. The monoisotopic (exact) mass is 523 g/mol. The lowest BCUT2D eigenvalue weighted by molar-refractivity contribution is 0.267. The molecule has 1 saturated carbocycles. The van der Waals surface area contributed by atoms with E-state index >= 15 is 0 Å². The number of aryl methyl sites for hydroxylation is 1. The molecule has 200 valence electrons. The topological polar surface area (TPSA) is 115 Å². The molecule has 4 aromatic heterocycles. The van der Waals surface area contributed by atoms with Gasteiger partial charge in [0.2, 0.25) is 11.6 Å². The van der Waals surface area contributed by atoms with Crippen molar-refractivity contribution in [2.45, 2.75) is 65.8 Å². The lowest BCUT2D eigenvalue weighted by atomic mass is 9.83. The second-order valence-electron chi connectivity index (χ2n) is 11.2. The summed E-state index contributed by atoms with van der Waals surface area (Å²) in [7, 11) is 0. The van der Waals surface area contributed by atoms with Gasteiger partial charge in [0.25, 0.3) is 0 Å². The number of pyridine rings is 1. The Morgan fingerprint density at radius 1 is 1.08 bits per heavy atom. The summed E-state index contributed by atoms with van der Waals surface area (Å²) in [4.78, 5) is 33.8. The second kappa shape index (κ2) is 10.2. The van der Waals surface area contributed by atoms with Crippen molar-refractivity contribution in [3.05, 3.63) is 64.3 Å². The Labute approximate surface area is 226 Å². The number of imidazole rings is 1. The number of H-pyrrole nitrogens is 1. The van der Waals surface area contributed by atoms with Gasteiger partial charge in [0.15, 0.2) is 11.5 Å². The number of hydrogen-bond donors (Lipinski definition) is 1. The average molecular weight is 524 g/mol. The normalized spacial score (nSPS) is 17.8. The van der Waals surface area contributed by atoms with Gasteiger partial charge >= 0.3 is 5.76 Å². The SMILES string of the molecule is Cc1cccc(-c2nc(-c3noc(=O)[nH]3)nc3nc(-c4cc(C(C)C)ccn4)n(C[C@H]4CC[C@H](C)CC4)c23)c1. The molecule has 0 spiro atoms. The first-order valence-corrected chi connectivity index (χ1v) is 13.7. The molecule has 9 heteroatoms. The van der Waals surface area contributed by atoms with Crippen molar-refractivity contribution in [3.8, 4) is 34.4 Å². The Kier molecular flexibility index (Phi) is 6.58. The summed E-state index contributed by atoms with van der Waals surface area (Å²) in [6.45, 7) is 9.57. The number of aromatic amines is 1. The number of benzene rings is 1. The van der Waals surface area contributed by atoms with E-state index in [1.54, 1.807) is 0 Å². The van der Waals surface area contributed by atoms with Crippen molar-refractivity contribution < 1.29 is 4.52 Å². The molecule has 1 N–H and O–H groups in total. The van der Waals surface area contributed by atoms with Gasteiger partial charge in [-0.3, -0.25) is 14.5 Å². The molecule has 1 aliphatic carbocycles. The first-order valence-electron chi connectivity index (χ1n) is 13.7. The lowest BCUT2D eigenvalue weighted by Gasteiger charge is -2.27. The maximum absolute atomic E-state index is 11.7. The fourth-order valence-corrected chi connectivity index (χ4v) is 5.53. The van der Waals surface area contributed by atoms with Crippen LogP contribution in [0, 0.1) is 18.8 Å². The molecule has 0 aliphatic heterocycles. The van der Waals surface area contributed by atoms with Crippen LogP contribution in [0.4, 0.5) is 0 Å². The van der Waals surface area contributed by atoms with Crippen LogP contribution in [0.5, 0.6) is 0 Å². The van der Waals surface area contributed by atoms with Gasteiger partial charge in [-0.1, -0.05) is 62.5 Å². The number of nitrogens with one attached hydrogen (secondary N) is 1. The van der Waals surface area contributed by atoms with Crippen molar-refractivity contribution in [2.75, 3.05) is 0 Å². The highest BCUT2D eigenvalue weighted by atomic mass is 16.5. The molecule has 0 atom stereocenters. The zero-order valence-electron chi connectivity index (χ0n) is 22.8. The average Bonchev–Trinajstić information content (AvgIpc) is 3.53. The summed E-state index contributed by atoms with van der Waals surface area (Å²) < 4.78 is 7.04. The van der Waals surface area contributed by atoms with Gasteiger partial charge in [-0.2, -0.15) is 0 Å². The Bertz CT molecular complexity index is 1690. The van der Waals surface area contributed by atoms with Crippen LogP contribution >= 0.6 is 0 Å². The van der Waals surface area contributed by atoms with E-state index in [0.29, 0.717) is 17.5 Å². The van der Waals surface area contributed by atoms with Crippen LogP contribution in [-0.4, -0.2) is 34.6 Å². The Balaban J connectivity index is 1.62. The highest BCUT2D eigenvalue weighted by Gasteiger charge is 2.26. The Morgan fingerprint density at radius 3 is 2.62 bits per heavy atom. The maximum atomic E-state index is 11.7. The second-order valence-corrected chi connectivity index (χ2v) is 11.2. The third-order valence-electron chi connectivity index (χ3n) is 7.80. The van der Waals surface area contributed by atoms with Gasteiger partial charge in [0.1, 0.15) is 16.9 Å². The minimum absolute atomic E-state index is 0.174. The van der Waals surface area contributed by atoms with Crippen molar-refractivity contribution in [3.63, 3.8) is 0 Å². The molecule has 1 aliphatic rings. The van der Waals surface area contributed by atoms with E-state index in [4.69, 9.17) is 24.5 Å². The summed E-state index contributed by atoms with van der Waals surface area (Å²) in [5, 5.41) is 3.85. The van der Waals surface area contributed by atoms with Crippen LogP contribution in [0.3, 0.4) is 0 Å². The van der Waals surface area contributed by atoms with Gasteiger partial charge in [-0.05, 0) is 61.3 Å². The van der Waals surface area contributed by atoms with Crippen molar-refractivity contribution in [1.82, 2.24) is 34.6 Å². The highest BCUT2D eigenvalue weighted by Crippen LogP contribution is 2.36. The lowest BCUT2D eigenvalue weighted by Crippen LogP contribution is -2.18. The van der Waals surface area contributed by atoms with Crippen molar-refractivity contribution >= 4 is 11.2 Å². The Hall–Kier alpha value is -4.14. The molecule has 0 bridgehead atoms. The smallest absolute Gasteiger partial charge is 0.319 e. The zero-order valence-corrected chi connectivity index (χ0v) is 22.8. The van der Waals surface area contributed by atoms with Gasteiger partial charge in [-0.25, -0.2) is 19.7 Å². The van der Waals surface area contributed by atoms with Gasteiger partial charge in [0, 0.05) is 18.3 Å². The van der Waals surface area contributed by atoms with Crippen LogP contribution in [0.1, 0.15) is 63.5 Å². The summed E-state index contributed by atoms with van der Waals surface area (Å²) in [5.41, 5.74) is 6.23. The highest BCUT2D eigenvalue weighted by molar-refractivity contribution is 5.91. The van der Waals surface area contributed by atoms with Crippen molar-refractivity contribution in [1.29, 1.82) is 0 Å². The van der Waals surface area contributed by atoms with Gasteiger partial charge in [-0.15, -0.1) is 0 Å². The third kappa shape index (κ3) is 5.01. The molecular weight excluding hydrogens is 490 g/mol. The molecule has 5 aromatic rings. The van der Waals surface area contributed by atoms with Crippen LogP contribution in [0.25, 0.3) is 45.6 Å². The summed E-state index contributed by atoms with van der Waals surface area (Å²) >= 11 is 0. The number of aromatic nitrogens is 7. The molecule has 4 heterocycles. The first-order chi connectivity index (χ1) is 18.9. The number of rotatable bonds is 6. The molecule has 0 saturated heterocycles. The summed E-state index contributed by atoms with van der Waals surface area (Å²) in [6, 6.07) is 12.4. The standard InChI is InChI=1S/C30H33N7O2/c1-17(2)21-12-13-31-23(15-21)29-34-26-25(37(29)16-20-10-8-18(3)9-11-20)24(22-7-5-6-19(4)14-22)32-27(33-26)28-35-30(38)39-36-28/h5-7,12-15,17-18,20H,8-11,16H2,1-4H3,(H,35,36,38)/t18-,20-. The van der Waals surface area contributed by atoms with Crippen LogP contribution in [-0.2, 0) is 6.54 Å². The minimum Gasteiger partial charge on any atom is -0.319 e. The van der Waals surface area contributed by atoms with Crippen LogP contribution in [0.15, 0.2) is 51.9 Å². The van der Waals surface area contributed by atoms with Crippen LogP contribution < -0.4 is 5.76 Å². The van der Waals surface area contributed by atoms with E-state index in [0.717, 1.165) is 46.3 Å². The number of nitrogens with zero attached hydrogens (tertiary/aromatic N) is 6. The number of hydrogen-bond acceptors (Lipinski definition) is 7. The molecular formula is C30H33N7O2. The fraction of sp³-hybridized carbons (Fsp3) is 0.400. The molecule has 39 heavy (non-hydrogen) atoms. The van der Waals surface area contributed by atoms with Gasteiger partial charge in [0.05, 0.1) is 0 Å². The van der Waals surface area contributed by atoms with E-state index in [2.05, 4.69) is 66.7 Å². The fourth-order valence-electron chi connectivity index (χ4n) is 5.53. The Morgan fingerprint density at radius 2 is 1.90 bits per heavy atom. The molecule has 0 radical (unpaired) electrons. The molecule has 0 amide bonds. The summed E-state index contributed by atoms with van der Waals surface area (Å²) in [5.74, 6) is 2.22. The largest absolute Gasteiger partial charge is 0.439 e. The van der Waals surface area contributed by atoms with E-state index in [1.807, 2.05) is 18.3 Å². The predicted molar refractivity (Wildman–Crippen MR) is 150 cm³/mol. The predicted octanol–water partition coefficient (Wildman–Crippen LogP) is 6.16. The first kappa shape index (κ1) is 25.2. The zero-order chi connectivity index (χ0) is 27.1.